The maximum atomic E-state index is 12.7. The average Bonchev–Trinajstić information content (AvgIpc) is 2.88. The average molecular weight is 534 g/mol. The van der Waals surface area contributed by atoms with Crippen molar-refractivity contribution in [2.24, 2.45) is 0 Å². The lowest BCUT2D eigenvalue weighted by molar-refractivity contribution is 0.0959. The van der Waals surface area contributed by atoms with Gasteiger partial charge in [-0.2, -0.15) is 0 Å². The molecule has 2 heterocycles. The summed E-state index contributed by atoms with van der Waals surface area (Å²) in [7, 11) is 0. The first-order valence-electron chi connectivity index (χ1n) is 11.5. The summed E-state index contributed by atoms with van der Waals surface area (Å²) in [4.78, 5) is 29.0. The summed E-state index contributed by atoms with van der Waals surface area (Å²) in [5, 5.41) is 12.1. The van der Waals surface area contributed by atoms with E-state index in [-0.39, 0.29) is 23.7 Å². The number of aromatic nitrogens is 2. The van der Waals surface area contributed by atoms with Crippen molar-refractivity contribution >= 4 is 40.5 Å². The molecule has 1 amide bonds. The van der Waals surface area contributed by atoms with Crippen molar-refractivity contribution in [3.63, 3.8) is 0 Å². The quantitative estimate of drug-likeness (QED) is 0.221. The number of nitrogen functional groups attached to an aromatic ring is 1. The second kappa shape index (κ2) is 11.4. The van der Waals surface area contributed by atoms with Gasteiger partial charge in [-0.05, 0) is 60.0 Å². The van der Waals surface area contributed by atoms with Crippen LogP contribution in [0.2, 0.25) is 10.0 Å². The van der Waals surface area contributed by atoms with E-state index in [9.17, 15) is 9.59 Å². The molecule has 0 saturated heterocycles. The number of nitrogens with zero attached hydrogens (tertiary/aromatic N) is 2. The molecule has 9 heteroatoms. The molecule has 0 aliphatic carbocycles. The minimum Gasteiger partial charge on any atom is -0.398 e. The predicted octanol–water partition coefficient (Wildman–Crippen LogP) is 4.88. The molecule has 4 N–H and O–H groups in total. The predicted molar refractivity (Wildman–Crippen MR) is 148 cm³/mol. The topological polar surface area (TPSA) is 114 Å². The number of pyridine rings is 2. The summed E-state index contributed by atoms with van der Waals surface area (Å²) in [5.41, 5.74) is 10.8. The molecule has 37 heavy (non-hydrogen) atoms. The third-order valence-electron chi connectivity index (χ3n) is 5.87. The molecule has 2 aromatic carbocycles. The lowest BCUT2D eigenvalue weighted by Gasteiger charge is -2.12. The fraction of sp³-hybridized carbons (Fsp3) is 0.143. The highest BCUT2D eigenvalue weighted by Gasteiger charge is 2.13. The number of carbonyl (C=O) groups excluding carboxylic acids is 1. The van der Waals surface area contributed by atoms with E-state index >= 15 is 0 Å². The van der Waals surface area contributed by atoms with E-state index in [4.69, 9.17) is 34.3 Å². The Kier molecular flexibility index (Phi) is 8.06. The van der Waals surface area contributed by atoms with Crippen LogP contribution in [0.3, 0.4) is 0 Å². The van der Waals surface area contributed by atoms with Crippen molar-refractivity contribution in [2.45, 2.75) is 19.9 Å². The van der Waals surface area contributed by atoms with Crippen molar-refractivity contribution in [3.8, 4) is 0 Å². The van der Waals surface area contributed by atoms with Crippen molar-refractivity contribution in [1.82, 2.24) is 14.9 Å². The minimum absolute atomic E-state index is 0.0319. The van der Waals surface area contributed by atoms with Gasteiger partial charge in [-0.25, -0.2) is 0 Å². The molecule has 0 aliphatic rings. The molecule has 0 radical (unpaired) electrons. The molecule has 0 unspecified atom stereocenters. The first kappa shape index (κ1) is 26.1. The fourth-order valence-electron chi connectivity index (χ4n) is 3.89. The van der Waals surface area contributed by atoms with E-state index in [0.717, 1.165) is 22.3 Å². The molecular formula is C28H25Cl2N5O2. The van der Waals surface area contributed by atoms with Gasteiger partial charge < -0.3 is 21.0 Å². The van der Waals surface area contributed by atoms with Crippen molar-refractivity contribution in [2.75, 3.05) is 12.3 Å². The van der Waals surface area contributed by atoms with Crippen molar-refractivity contribution < 1.29 is 4.79 Å². The number of hydrogen-bond acceptors (Lipinski definition) is 5. The number of amides is 1. The van der Waals surface area contributed by atoms with Gasteiger partial charge in [-0.3, -0.25) is 14.6 Å². The van der Waals surface area contributed by atoms with Gasteiger partial charge in [0.25, 0.3) is 11.5 Å². The molecule has 0 spiro atoms. The Morgan fingerprint density at radius 3 is 2.59 bits per heavy atom. The Labute approximate surface area is 224 Å². The number of benzene rings is 2. The summed E-state index contributed by atoms with van der Waals surface area (Å²) >= 11 is 13.1. The summed E-state index contributed by atoms with van der Waals surface area (Å²) in [6, 6.07) is 15.7. The van der Waals surface area contributed by atoms with E-state index in [2.05, 4.69) is 10.3 Å². The number of hydrogen-bond donors (Lipinski definition) is 3. The summed E-state index contributed by atoms with van der Waals surface area (Å²) < 4.78 is 1.55. The van der Waals surface area contributed by atoms with Crippen LogP contribution in [0, 0.1) is 12.3 Å². The molecule has 0 fully saturated rings. The van der Waals surface area contributed by atoms with Crippen molar-refractivity contribution in [1.29, 1.82) is 5.41 Å². The fourth-order valence-corrected chi connectivity index (χ4v) is 4.39. The summed E-state index contributed by atoms with van der Waals surface area (Å²) in [6.45, 7) is 2.26. The van der Waals surface area contributed by atoms with Crippen LogP contribution in [0.5, 0.6) is 0 Å². The van der Waals surface area contributed by atoms with Crippen LogP contribution in [0.25, 0.3) is 0 Å². The number of halogens is 2. The maximum Gasteiger partial charge on any atom is 0.253 e. The smallest absolute Gasteiger partial charge is 0.253 e. The zero-order chi connectivity index (χ0) is 26.5. The highest BCUT2D eigenvalue weighted by Crippen LogP contribution is 2.28. The van der Waals surface area contributed by atoms with Crippen LogP contribution >= 0.6 is 23.2 Å². The number of carbonyl (C=O) groups is 1. The van der Waals surface area contributed by atoms with Gasteiger partial charge in [0.15, 0.2) is 0 Å². The van der Waals surface area contributed by atoms with Crippen LogP contribution in [0.15, 0.2) is 78.0 Å². The molecule has 0 aliphatic heterocycles. The van der Waals surface area contributed by atoms with Gasteiger partial charge in [-0.1, -0.05) is 40.9 Å². The van der Waals surface area contributed by atoms with Crippen LogP contribution < -0.4 is 16.6 Å². The number of nitrogens with one attached hydrogen (secondary N) is 2. The second-order valence-electron chi connectivity index (χ2n) is 8.71. The Balaban J connectivity index is 1.45. The number of nitrogens with two attached hydrogens (primary N) is 1. The molecule has 2 aromatic heterocycles. The second-order valence-corrected chi connectivity index (χ2v) is 9.53. The molecule has 4 aromatic rings. The highest BCUT2D eigenvalue weighted by atomic mass is 35.5. The van der Waals surface area contributed by atoms with Gasteiger partial charge in [0.2, 0.25) is 0 Å². The molecule has 0 bridgehead atoms. The molecular weight excluding hydrogens is 509 g/mol. The van der Waals surface area contributed by atoms with Gasteiger partial charge in [0, 0.05) is 52.4 Å². The van der Waals surface area contributed by atoms with Crippen LogP contribution in [0.4, 0.5) is 5.69 Å². The molecule has 188 valence electrons. The molecule has 7 nitrogen and oxygen atoms in total. The van der Waals surface area contributed by atoms with Crippen LogP contribution in [-0.4, -0.2) is 27.7 Å². The zero-order valence-electron chi connectivity index (χ0n) is 20.1. The van der Waals surface area contributed by atoms with E-state index in [0.29, 0.717) is 39.8 Å². The minimum atomic E-state index is -0.349. The maximum absolute atomic E-state index is 12.7. The van der Waals surface area contributed by atoms with Gasteiger partial charge in [0.05, 0.1) is 24.4 Å². The van der Waals surface area contributed by atoms with E-state index in [1.54, 1.807) is 53.4 Å². The standard InChI is InChI=1S/C28H25Cl2N5O2/c1-17-5-6-25(31)22(8-17)26(32)15-34-28(37)20-10-18(13-33-14-20)9-19-11-24(30)21(12-23(19)29)16-35-7-3-2-4-27(35)36/h2-8,10-14,32H,9,15-16,31H2,1H3,(H,34,37). The normalized spacial score (nSPS) is 10.8. The lowest BCUT2D eigenvalue weighted by Crippen LogP contribution is -2.30. The zero-order valence-corrected chi connectivity index (χ0v) is 21.6. The number of anilines is 1. The summed E-state index contributed by atoms with van der Waals surface area (Å²) in [5.74, 6) is -0.349. The third kappa shape index (κ3) is 6.44. The first-order chi connectivity index (χ1) is 17.7. The lowest BCUT2D eigenvalue weighted by atomic mass is 10.0. The molecule has 0 atom stereocenters. The van der Waals surface area contributed by atoms with Crippen LogP contribution in [0.1, 0.15) is 38.2 Å². The Morgan fingerprint density at radius 1 is 1.05 bits per heavy atom. The van der Waals surface area contributed by atoms with Crippen LogP contribution in [-0.2, 0) is 13.0 Å². The Morgan fingerprint density at radius 2 is 1.81 bits per heavy atom. The number of rotatable bonds is 8. The highest BCUT2D eigenvalue weighted by molar-refractivity contribution is 6.34. The van der Waals surface area contributed by atoms with Gasteiger partial charge in [0.1, 0.15) is 0 Å². The van der Waals surface area contributed by atoms with Crippen molar-refractivity contribution in [3.05, 3.63) is 127 Å². The first-order valence-corrected chi connectivity index (χ1v) is 12.2. The van der Waals surface area contributed by atoms with E-state index < -0.39 is 0 Å². The Hall–Kier alpha value is -3.94. The number of aryl methyl sites for hydroxylation is 1. The monoisotopic (exact) mass is 533 g/mol. The van der Waals surface area contributed by atoms with E-state index in [1.807, 2.05) is 19.1 Å². The summed E-state index contributed by atoms with van der Waals surface area (Å²) in [6.07, 6.45) is 5.24. The molecule has 4 rings (SSSR count). The van der Waals surface area contributed by atoms with Gasteiger partial charge in [-0.15, -0.1) is 0 Å². The third-order valence-corrected chi connectivity index (χ3v) is 6.57. The molecule has 0 saturated carbocycles. The van der Waals surface area contributed by atoms with Gasteiger partial charge >= 0.3 is 0 Å². The van der Waals surface area contributed by atoms with E-state index in [1.165, 1.54) is 12.3 Å². The SMILES string of the molecule is Cc1ccc(N)c(C(=N)CNC(=O)c2cncc(Cc3cc(Cl)c(Cn4ccccc4=O)cc3Cl)c2)c1. The largest absolute Gasteiger partial charge is 0.398 e. The Bertz CT molecular complexity index is 1550.